The van der Waals surface area contributed by atoms with Crippen LogP contribution < -0.4 is 10.6 Å². The van der Waals surface area contributed by atoms with Gasteiger partial charge in [-0.05, 0) is 42.3 Å². The van der Waals surface area contributed by atoms with Crippen LogP contribution in [-0.4, -0.2) is 64.0 Å². The second-order valence-corrected chi connectivity index (χ2v) is 9.66. The first-order valence-electron chi connectivity index (χ1n) is 12.3. The number of likely N-dealkylation sites (tertiary alicyclic amines) is 1. The Hall–Kier alpha value is -3.78. The Morgan fingerprint density at radius 1 is 1.06 bits per heavy atom. The highest BCUT2D eigenvalue weighted by Gasteiger charge is 2.33. The molecule has 0 aliphatic carbocycles. The third kappa shape index (κ3) is 6.07. The van der Waals surface area contributed by atoms with E-state index in [0.717, 1.165) is 10.8 Å². The molecule has 3 N–H and O–H groups in total. The van der Waals surface area contributed by atoms with E-state index in [2.05, 4.69) is 15.6 Å². The van der Waals surface area contributed by atoms with Gasteiger partial charge in [-0.25, -0.2) is 0 Å². The molecule has 0 bridgehead atoms. The van der Waals surface area contributed by atoms with Gasteiger partial charge in [0.1, 0.15) is 11.7 Å². The maximum Gasteiger partial charge on any atom is 0.270 e. The van der Waals surface area contributed by atoms with Gasteiger partial charge in [-0.15, -0.1) is 0 Å². The molecule has 188 valence electrons. The number of aromatic nitrogens is 1. The molecule has 8 heteroatoms. The minimum Gasteiger partial charge on any atom is -0.389 e. The Morgan fingerprint density at radius 2 is 1.75 bits per heavy atom. The minimum absolute atomic E-state index is 0.126. The number of aliphatic hydroxyl groups excluding tert-OH is 1. The van der Waals surface area contributed by atoms with Crippen LogP contribution in [0.25, 0.3) is 10.8 Å². The smallest absolute Gasteiger partial charge is 0.270 e. The van der Waals surface area contributed by atoms with E-state index in [9.17, 15) is 19.5 Å². The molecular formula is C28H32N4O4. The van der Waals surface area contributed by atoms with Crippen molar-refractivity contribution in [3.05, 3.63) is 78.1 Å². The predicted molar refractivity (Wildman–Crippen MR) is 137 cm³/mol. The van der Waals surface area contributed by atoms with Crippen molar-refractivity contribution >= 4 is 28.5 Å². The summed E-state index contributed by atoms with van der Waals surface area (Å²) in [5, 5.41) is 18.2. The average molecular weight is 489 g/mol. The number of hydrogen-bond donors (Lipinski definition) is 3. The summed E-state index contributed by atoms with van der Waals surface area (Å²) in [6, 6.07) is 17.0. The Bertz CT molecular complexity index is 1230. The summed E-state index contributed by atoms with van der Waals surface area (Å²) in [5.74, 6) is -0.775. The number of nitrogens with zero attached hydrogens (tertiary/aromatic N) is 2. The number of carbonyl (C=O) groups excluding carboxylic acids is 3. The third-order valence-electron chi connectivity index (χ3n) is 6.41. The first kappa shape index (κ1) is 25.3. The summed E-state index contributed by atoms with van der Waals surface area (Å²) in [7, 11) is 0. The zero-order valence-corrected chi connectivity index (χ0v) is 20.6. The number of nitrogens with one attached hydrogen (secondary N) is 2. The number of amides is 3. The Morgan fingerprint density at radius 3 is 2.44 bits per heavy atom. The molecular weight excluding hydrogens is 456 g/mol. The van der Waals surface area contributed by atoms with Crippen LogP contribution >= 0.6 is 0 Å². The number of carbonyl (C=O) groups is 3. The maximum atomic E-state index is 13.2. The van der Waals surface area contributed by atoms with Gasteiger partial charge in [0.15, 0.2) is 0 Å². The highest BCUT2D eigenvalue weighted by Crippen LogP contribution is 2.17. The molecule has 3 aromatic rings. The van der Waals surface area contributed by atoms with Gasteiger partial charge in [0.25, 0.3) is 11.8 Å². The van der Waals surface area contributed by atoms with Crippen LogP contribution in [0.1, 0.15) is 47.5 Å². The maximum absolute atomic E-state index is 13.2. The first-order valence-corrected chi connectivity index (χ1v) is 12.3. The average Bonchev–Trinajstić information content (AvgIpc) is 2.88. The molecule has 2 heterocycles. The van der Waals surface area contributed by atoms with Gasteiger partial charge < -0.3 is 20.6 Å². The van der Waals surface area contributed by atoms with Gasteiger partial charge in [-0.3, -0.25) is 19.4 Å². The van der Waals surface area contributed by atoms with Gasteiger partial charge in [0.05, 0.1) is 12.1 Å². The molecule has 1 aromatic heterocycles. The lowest BCUT2D eigenvalue weighted by Crippen LogP contribution is -2.58. The Labute approximate surface area is 210 Å². The van der Waals surface area contributed by atoms with E-state index in [-0.39, 0.29) is 30.0 Å². The summed E-state index contributed by atoms with van der Waals surface area (Å²) in [6.45, 7) is 4.49. The Balaban J connectivity index is 1.39. The summed E-state index contributed by atoms with van der Waals surface area (Å²) in [6.07, 6.45) is 1.59. The summed E-state index contributed by atoms with van der Waals surface area (Å²) in [4.78, 5) is 44.7. The molecule has 0 radical (unpaired) electrons. The number of rotatable bonds is 7. The van der Waals surface area contributed by atoms with Gasteiger partial charge >= 0.3 is 0 Å². The van der Waals surface area contributed by atoms with Crippen molar-refractivity contribution in [3.8, 4) is 0 Å². The van der Waals surface area contributed by atoms with Gasteiger partial charge in [-0.1, -0.05) is 56.3 Å². The quantitative estimate of drug-likeness (QED) is 0.474. The topological polar surface area (TPSA) is 112 Å². The molecule has 2 aromatic carbocycles. The van der Waals surface area contributed by atoms with E-state index in [1.807, 2.05) is 44.2 Å². The lowest BCUT2D eigenvalue weighted by Gasteiger charge is -2.37. The number of piperidine rings is 1. The summed E-state index contributed by atoms with van der Waals surface area (Å²) in [5.41, 5.74) is 0.803. The lowest BCUT2D eigenvalue weighted by atomic mass is 9.98. The van der Waals surface area contributed by atoms with Crippen LogP contribution in [-0.2, 0) is 4.79 Å². The van der Waals surface area contributed by atoms with Crippen molar-refractivity contribution in [3.63, 3.8) is 0 Å². The van der Waals surface area contributed by atoms with E-state index in [1.54, 1.807) is 41.4 Å². The largest absolute Gasteiger partial charge is 0.389 e. The normalized spacial score (nSPS) is 18.6. The van der Waals surface area contributed by atoms with Crippen molar-refractivity contribution < 1.29 is 19.5 Å². The zero-order chi connectivity index (χ0) is 25.7. The minimum atomic E-state index is -0.909. The SMILES string of the molecule is CC(C)C[C@H](NC(=O)c1cc2ccccc2cn1)C(=O)NC1CCN(C(=O)c2ccccc2)CC1O. The number of aliphatic hydroxyl groups is 1. The fraction of sp³-hybridized carbons (Fsp3) is 0.357. The van der Waals surface area contributed by atoms with E-state index < -0.39 is 24.1 Å². The van der Waals surface area contributed by atoms with Crippen molar-refractivity contribution in [2.45, 2.75) is 44.9 Å². The number of fused-ring (bicyclic) bond motifs is 1. The second-order valence-electron chi connectivity index (χ2n) is 9.66. The monoisotopic (exact) mass is 488 g/mol. The van der Waals surface area contributed by atoms with Crippen LogP contribution in [0.4, 0.5) is 0 Å². The molecule has 36 heavy (non-hydrogen) atoms. The number of β-amino-alcohol motifs (C(OH)–C–C–N with tert-alkyl or cyclic N) is 1. The second kappa shape index (κ2) is 11.3. The summed E-state index contributed by atoms with van der Waals surface area (Å²) < 4.78 is 0. The molecule has 1 aliphatic rings. The van der Waals surface area contributed by atoms with E-state index in [1.165, 1.54) is 0 Å². The molecule has 8 nitrogen and oxygen atoms in total. The van der Waals surface area contributed by atoms with E-state index in [0.29, 0.717) is 24.9 Å². The predicted octanol–water partition coefficient (Wildman–Crippen LogP) is 2.77. The van der Waals surface area contributed by atoms with Gasteiger partial charge in [-0.2, -0.15) is 0 Å². The van der Waals surface area contributed by atoms with Gasteiger partial charge in [0, 0.05) is 30.2 Å². The van der Waals surface area contributed by atoms with Crippen LogP contribution in [0.3, 0.4) is 0 Å². The zero-order valence-electron chi connectivity index (χ0n) is 20.6. The van der Waals surface area contributed by atoms with E-state index in [4.69, 9.17) is 0 Å². The van der Waals surface area contributed by atoms with Gasteiger partial charge in [0.2, 0.25) is 5.91 Å². The molecule has 3 amide bonds. The molecule has 0 saturated carbocycles. The van der Waals surface area contributed by atoms with Crippen molar-refractivity contribution in [2.24, 2.45) is 5.92 Å². The lowest BCUT2D eigenvalue weighted by molar-refractivity contribution is -0.125. The highest BCUT2D eigenvalue weighted by molar-refractivity contribution is 5.99. The molecule has 1 saturated heterocycles. The number of pyridine rings is 1. The Kier molecular flexibility index (Phi) is 7.95. The van der Waals surface area contributed by atoms with Crippen molar-refractivity contribution in [1.82, 2.24) is 20.5 Å². The number of benzene rings is 2. The third-order valence-corrected chi connectivity index (χ3v) is 6.41. The van der Waals surface area contributed by atoms with Crippen molar-refractivity contribution in [2.75, 3.05) is 13.1 Å². The highest BCUT2D eigenvalue weighted by atomic mass is 16.3. The van der Waals surface area contributed by atoms with Crippen LogP contribution in [0.15, 0.2) is 66.9 Å². The molecule has 4 rings (SSSR count). The fourth-order valence-electron chi connectivity index (χ4n) is 4.47. The molecule has 1 aliphatic heterocycles. The number of hydrogen-bond acceptors (Lipinski definition) is 5. The fourth-order valence-corrected chi connectivity index (χ4v) is 4.47. The van der Waals surface area contributed by atoms with E-state index >= 15 is 0 Å². The van der Waals surface area contributed by atoms with Crippen molar-refractivity contribution in [1.29, 1.82) is 0 Å². The standard InChI is InChI=1S/C28H32N4O4/c1-18(2)14-24(31-26(34)23-15-20-10-6-7-11-21(20)16-29-23)27(35)30-22-12-13-32(17-25(22)33)28(36)19-8-4-3-5-9-19/h3-11,15-16,18,22,24-25,33H,12-14,17H2,1-2H3,(H,30,35)(H,31,34)/t22?,24-,25?/m0/s1. The van der Waals surface area contributed by atoms with Crippen LogP contribution in [0, 0.1) is 5.92 Å². The van der Waals surface area contributed by atoms with Crippen LogP contribution in [0.5, 0.6) is 0 Å². The summed E-state index contributed by atoms with van der Waals surface area (Å²) >= 11 is 0. The molecule has 1 fully saturated rings. The molecule has 2 unspecified atom stereocenters. The molecule has 3 atom stereocenters. The van der Waals surface area contributed by atoms with Crippen LogP contribution in [0.2, 0.25) is 0 Å². The molecule has 0 spiro atoms. The first-order chi connectivity index (χ1) is 17.3.